The van der Waals surface area contributed by atoms with Gasteiger partial charge >= 0.3 is 0 Å². The largest absolute Gasteiger partial charge is 0.293 e. The molecule has 0 saturated carbocycles. The number of rotatable bonds is 5. The van der Waals surface area contributed by atoms with Crippen molar-refractivity contribution in [3.63, 3.8) is 0 Å². The van der Waals surface area contributed by atoms with E-state index in [1.807, 2.05) is 0 Å². The highest BCUT2D eigenvalue weighted by atomic mass is 35.5. The Morgan fingerprint density at radius 1 is 1.12 bits per heavy atom. The van der Waals surface area contributed by atoms with E-state index in [0.717, 1.165) is 11.8 Å². The summed E-state index contributed by atoms with van der Waals surface area (Å²) in [5.74, 6) is -0.225. The fourth-order valence-electron chi connectivity index (χ4n) is 2.07. The number of carbonyl (C=O) groups excluding carboxylic acids is 1. The lowest BCUT2D eigenvalue weighted by Gasteiger charge is -2.11. The predicted molar refractivity (Wildman–Crippen MR) is 99.1 cm³/mol. The fourth-order valence-corrected chi connectivity index (χ4v) is 5.03. The van der Waals surface area contributed by atoms with Crippen molar-refractivity contribution in [2.45, 2.75) is 16.7 Å². The second kappa shape index (κ2) is 7.64. The number of benzene rings is 2. The zero-order chi connectivity index (χ0) is 18.1. The molecular formula is C15H12Cl3NO3S2. The van der Waals surface area contributed by atoms with Crippen LogP contribution in [0.15, 0.2) is 40.1 Å². The molecule has 0 radical (unpaired) electrons. The Kier molecular flexibility index (Phi) is 6.23. The molecule has 9 heteroatoms. The number of Topliss-reactive ketones (excluding diaryl/α,β-unsaturated/α-hetero) is 1. The van der Waals surface area contributed by atoms with Crippen molar-refractivity contribution in [1.82, 2.24) is 0 Å². The number of thioether (sulfide) groups is 1. The standard InChI is InChI=1S/C15H12Cl3NO3S2/c1-8-4-10(16)6-14(15(8)24(19,21)22)23-7-13(20)9-2-3-11(17)12(18)5-9/h2-6H,7H2,1H3,(H2,19,21,22). The molecule has 0 aliphatic rings. The molecule has 0 fully saturated rings. The molecule has 0 amide bonds. The first-order valence-corrected chi connectivity index (χ1v) is 10.2. The van der Waals surface area contributed by atoms with Gasteiger partial charge in [-0.25, -0.2) is 13.6 Å². The molecule has 0 atom stereocenters. The molecule has 0 saturated heterocycles. The average Bonchev–Trinajstić information content (AvgIpc) is 2.45. The number of hydrogen-bond donors (Lipinski definition) is 1. The number of primary sulfonamides is 1. The second-order valence-corrected chi connectivity index (χ2v) is 8.70. The Hall–Kier alpha value is -0.760. The number of ketones is 1. The summed E-state index contributed by atoms with van der Waals surface area (Å²) in [6.07, 6.45) is 0. The minimum atomic E-state index is -3.94. The van der Waals surface area contributed by atoms with Gasteiger partial charge in [0.1, 0.15) is 0 Å². The lowest BCUT2D eigenvalue weighted by Crippen LogP contribution is -2.15. The van der Waals surface area contributed by atoms with Gasteiger partial charge in [0.2, 0.25) is 10.0 Å². The van der Waals surface area contributed by atoms with Crippen LogP contribution in [-0.2, 0) is 10.0 Å². The number of carbonyl (C=O) groups is 1. The van der Waals surface area contributed by atoms with Crippen molar-refractivity contribution in [3.8, 4) is 0 Å². The molecule has 2 N–H and O–H groups in total. The molecule has 0 aliphatic carbocycles. The lowest BCUT2D eigenvalue weighted by atomic mass is 10.1. The normalized spacial score (nSPS) is 11.5. The number of hydrogen-bond acceptors (Lipinski definition) is 4. The number of sulfonamides is 1. The van der Waals surface area contributed by atoms with Gasteiger partial charge in [-0.05, 0) is 42.8 Å². The van der Waals surface area contributed by atoms with Gasteiger partial charge in [-0.1, -0.05) is 34.8 Å². The van der Waals surface area contributed by atoms with Crippen LogP contribution in [0.3, 0.4) is 0 Å². The van der Waals surface area contributed by atoms with Gasteiger partial charge in [0.25, 0.3) is 0 Å². The molecule has 0 bridgehead atoms. The molecule has 0 spiro atoms. The quantitative estimate of drug-likeness (QED) is 0.563. The molecule has 2 aromatic carbocycles. The van der Waals surface area contributed by atoms with E-state index in [1.165, 1.54) is 24.3 Å². The molecule has 0 unspecified atom stereocenters. The van der Waals surface area contributed by atoms with Crippen molar-refractivity contribution in [3.05, 3.63) is 56.5 Å². The lowest BCUT2D eigenvalue weighted by molar-refractivity contribution is 0.102. The van der Waals surface area contributed by atoms with E-state index in [-0.39, 0.29) is 21.5 Å². The highest BCUT2D eigenvalue weighted by Gasteiger charge is 2.19. The van der Waals surface area contributed by atoms with E-state index >= 15 is 0 Å². The molecule has 0 heterocycles. The summed E-state index contributed by atoms with van der Waals surface area (Å²) < 4.78 is 23.6. The first kappa shape index (κ1) is 19.6. The molecule has 24 heavy (non-hydrogen) atoms. The first-order valence-electron chi connectivity index (χ1n) is 6.53. The van der Waals surface area contributed by atoms with E-state index in [4.69, 9.17) is 39.9 Å². The maximum absolute atomic E-state index is 12.3. The van der Waals surface area contributed by atoms with Crippen LogP contribution >= 0.6 is 46.6 Å². The van der Waals surface area contributed by atoms with Crippen LogP contribution in [0.1, 0.15) is 15.9 Å². The van der Waals surface area contributed by atoms with Crippen molar-refractivity contribution in [1.29, 1.82) is 0 Å². The summed E-state index contributed by atoms with van der Waals surface area (Å²) in [5.41, 5.74) is 0.808. The Bertz CT molecular complexity index is 914. The van der Waals surface area contributed by atoms with Crippen LogP contribution in [0, 0.1) is 6.92 Å². The van der Waals surface area contributed by atoms with Crippen molar-refractivity contribution < 1.29 is 13.2 Å². The van der Waals surface area contributed by atoms with E-state index in [2.05, 4.69) is 0 Å². The molecule has 0 aromatic heterocycles. The van der Waals surface area contributed by atoms with E-state index in [9.17, 15) is 13.2 Å². The molecule has 128 valence electrons. The summed E-state index contributed by atoms with van der Waals surface area (Å²) in [5, 5.41) is 6.25. The van der Waals surface area contributed by atoms with Crippen molar-refractivity contribution >= 4 is 62.4 Å². The molecule has 2 aromatic rings. The van der Waals surface area contributed by atoms with Crippen molar-refractivity contribution in [2.24, 2.45) is 5.14 Å². The summed E-state index contributed by atoms with van der Waals surface area (Å²) in [6.45, 7) is 1.59. The van der Waals surface area contributed by atoms with Gasteiger partial charge in [-0.15, -0.1) is 11.8 Å². The number of halogens is 3. The second-order valence-electron chi connectivity index (χ2n) is 4.94. The maximum Gasteiger partial charge on any atom is 0.239 e. The van der Waals surface area contributed by atoms with E-state index in [0.29, 0.717) is 26.1 Å². The molecule has 4 nitrogen and oxygen atoms in total. The topological polar surface area (TPSA) is 77.2 Å². The zero-order valence-electron chi connectivity index (χ0n) is 12.3. The highest BCUT2D eigenvalue weighted by molar-refractivity contribution is 8.00. The van der Waals surface area contributed by atoms with Crippen LogP contribution in [-0.4, -0.2) is 20.0 Å². The number of nitrogens with two attached hydrogens (primary N) is 1. The molecule has 0 aliphatic heterocycles. The van der Waals surface area contributed by atoms with Gasteiger partial charge in [0.05, 0.1) is 20.7 Å². The van der Waals surface area contributed by atoms with Gasteiger partial charge in [-0.2, -0.15) is 0 Å². The van der Waals surface area contributed by atoms with Crippen molar-refractivity contribution in [2.75, 3.05) is 5.75 Å². The average molecular weight is 425 g/mol. The number of aryl methyl sites for hydroxylation is 1. The third-order valence-corrected chi connectivity index (χ3v) is 6.33. The van der Waals surface area contributed by atoms with Crippen LogP contribution < -0.4 is 5.14 Å². The third-order valence-electron chi connectivity index (χ3n) is 3.09. The van der Waals surface area contributed by atoms with Crippen LogP contribution in [0.4, 0.5) is 0 Å². The fraction of sp³-hybridized carbons (Fsp3) is 0.133. The van der Waals surface area contributed by atoms with E-state index < -0.39 is 10.0 Å². The van der Waals surface area contributed by atoms with Gasteiger partial charge in [-0.3, -0.25) is 4.79 Å². The minimum absolute atomic E-state index is 0.000261. The molecule has 2 rings (SSSR count). The predicted octanol–water partition coefficient (Wildman–Crippen LogP) is 4.58. The van der Waals surface area contributed by atoms with Gasteiger partial charge < -0.3 is 0 Å². The third kappa shape index (κ3) is 4.65. The van der Waals surface area contributed by atoms with Crippen LogP contribution in [0.2, 0.25) is 15.1 Å². The first-order chi connectivity index (χ1) is 11.1. The smallest absolute Gasteiger partial charge is 0.239 e. The highest BCUT2D eigenvalue weighted by Crippen LogP contribution is 2.32. The van der Waals surface area contributed by atoms with Gasteiger partial charge in [0, 0.05) is 15.5 Å². The summed E-state index contributed by atoms with van der Waals surface area (Å²) in [4.78, 5) is 12.6. The Balaban J connectivity index is 2.29. The van der Waals surface area contributed by atoms with E-state index in [1.54, 1.807) is 13.0 Å². The Morgan fingerprint density at radius 2 is 1.79 bits per heavy atom. The molecular weight excluding hydrogens is 413 g/mol. The summed E-state index contributed by atoms with van der Waals surface area (Å²) in [7, 11) is -3.94. The zero-order valence-corrected chi connectivity index (χ0v) is 16.2. The Labute approximate surface area is 159 Å². The van der Waals surface area contributed by atoms with Gasteiger partial charge in [0.15, 0.2) is 5.78 Å². The van der Waals surface area contributed by atoms with Crippen LogP contribution in [0.5, 0.6) is 0 Å². The summed E-state index contributed by atoms with van der Waals surface area (Å²) in [6, 6.07) is 7.53. The van der Waals surface area contributed by atoms with Crippen LogP contribution in [0.25, 0.3) is 0 Å². The monoisotopic (exact) mass is 423 g/mol. The Morgan fingerprint density at radius 3 is 2.38 bits per heavy atom. The maximum atomic E-state index is 12.3. The minimum Gasteiger partial charge on any atom is -0.293 e. The SMILES string of the molecule is Cc1cc(Cl)cc(SCC(=O)c2ccc(Cl)c(Cl)c2)c1S(N)(=O)=O. The summed E-state index contributed by atoms with van der Waals surface area (Å²) >= 11 is 18.7.